The SMILES string of the molecule is O=C(CCN1CCc2ccccc21)c1ccccc1F. The Morgan fingerprint density at radius 2 is 1.85 bits per heavy atom. The zero-order valence-corrected chi connectivity index (χ0v) is 11.2. The quantitative estimate of drug-likeness (QED) is 0.792. The molecule has 1 aliphatic heterocycles. The van der Waals surface area contributed by atoms with E-state index >= 15 is 0 Å². The average molecular weight is 269 g/mol. The van der Waals surface area contributed by atoms with Crippen LogP contribution >= 0.6 is 0 Å². The first-order chi connectivity index (χ1) is 9.75. The summed E-state index contributed by atoms with van der Waals surface area (Å²) in [5, 5.41) is 0. The summed E-state index contributed by atoms with van der Waals surface area (Å²) < 4.78 is 13.5. The predicted octanol–water partition coefficient (Wildman–Crippen LogP) is 3.46. The van der Waals surface area contributed by atoms with Gasteiger partial charge in [-0.3, -0.25) is 4.79 Å². The maximum absolute atomic E-state index is 13.5. The molecule has 0 radical (unpaired) electrons. The Balaban J connectivity index is 1.67. The van der Waals surface area contributed by atoms with Gasteiger partial charge in [-0.05, 0) is 30.2 Å². The minimum Gasteiger partial charge on any atom is -0.371 e. The molecule has 1 aliphatic rings. The van der Waals surface area contributed by atoms with Gasteiger partial charge in [0.2, 0.25) is 0 Å². The highest BCUT2D eigenvalue weighted by Gasteiger charge is 2.19. The monoisotopic (exact) mass is 269 g/mol. The average Bonchev–Trinajstić information content (AvgIpc) is 2.88. The lowest BCUT2D eigenvalue weighted by Gasteiger charge is -2.18. The van der Waals surface area contributed by atoms with Gasteiger partial charge in [0.05, 0.1) is 5.56 Å². The van der Waals surface area contributed by atoms with Gasteiger partial charge in [-0.15, -0.1) is 0 Å². The Morgan fingerprint density at radius 1 is 1.10 bits per heavy atom. The first-order valence-corrected chi connectivity index (χ1v) is 6.86. The van der Waals surface area contributed by atoms with Crippen LogP contribution < -0.4 is 4.90 Å². The summed E-state index contributed by atoms with van der Waals surface area (Å²) in [6, 6.07) is 14.4. The van der Waals surface area contributed by atoms with Crippen molar-refractivity contribution in [2.24, 2.45) is 0 Å². The van der Waals surface area contributed by atoms with Crippen molar-refractivity contribution in [2.45, 2.75) is 12.8 Å². The fourth-order valence-corrected chi connectivity index (χ4v) is 2.70. The van der Waals surface area contributed by atoms with E-state index in [1.54, 1.807) is 18.2 Å². The van der Waals surface area contributed by atoms with Crippen molar-refractivity contribution in [3.05, 3.63) is 65.5 Å². The number of para-hydroxylation sites is 1. The maximum Gasteiger partial charge on any atom is 0.167 e. The third kappa shape index (κ3) is 2.44. The van der Waals surface area contributed by atoms with Crippen LogP contribution in [0.15, 0.2) is 48.5 Å². The van der Waals surface area contributed by atoms with Crippen molar-refractivity contribution in [3.63, 3.8) is 0 Å². The summed E-state index contributed by atoms with van der Waals surface area (Å²) in [5.41, 5.74) is 2.72. The van der Waals surface area contributed by atoms with Gasteiger partial charge in [0.1, 0.15) is 5.82 Å². The van der Waals surface area contributed by atoms with Crippen LogP contribution in [0.25, 0.3) is 0 Å². The summed E-state index contributed by atoms with van der Waals surface area (Å²) in [5.74, 6) is -0.563. The number of hydrogen-bond acceptors (Lipinski definition) is 2. The van der Waals surface area contributed by atoms with E-state index in [9.17, 15) is 9.18 Å². The van der Waals surface area contributed by atoms with Crippen LogP contribution in [-0.4, -0.2) is 18.9 Å². The van der Waals surface area contributed by atoms with Crippen LogP contribution in [0.4, 0.5) is 10.1 Å². The van der Waals surface area contributed by atoms with Gasteiger partial charge in [0.25, 0.3) is 0 Å². The maximum atomic E-state index is 13.5. The number of halogens is 1. The molecular weight excluding hydrogens is 253 g/mol. The minimum atomic E-state index is -0.431. The molecule has 0 aromatic heterocycles. The third-order valence-electron chi connectivity index (χ3n) is 3.77. The number of fused-ring (bicyclic) bond motifs is 1. The molecule has 2 nitrogen and oxygen atoms in total. The van der Waals surface area contributed by atoms with Crippen LogP contribution in [0, 0.1) is 5.82 Å². The summed E-state index contributed by atoms with van der Waals surface area (Å²) in [6.07, 6.45) is 1.36. The number of carbonyl (C=O) groups excluding carboxylic acids is 1. The second-order valence-electron chi connectivity index (χ2n) is 5.02. The second kappa shape index (κ2) is 5.45. The summed E-state index contributed by atoms with van der Waals surface area (Å²) >= 11 is 0. The zero-order chi connectivity index (χ0) is 13.9. The lowest BCUT2D eigenvalue weighted by molar-refractivity contribution is 0.0981. The van der Waals surface area contributed by atoms with E-state index < -0.39 is 5.82 Å². The van der Waals surface area contributed by atoms with Crippen molar-refractivity contribution >= 4 is 11.5 Å². The molecule has 0 spiro atoms. The van der Waals surface area contributed by atoms with E-state index in [-0.39, 0.29) is 11.3 Å². The zero-order valence-electron chi connectivity index (χ0n) is 11.2. The van der Waals surface area contributed by atoms with Gasteiger partial charge < -0.3 is 4.90 Å². The first-order valence-electron chi connectivity index (χ1n) is 6.86. The standard InChI is InChI=1S/C17H16FNO/c18-15-7-3-2-6-14(15)17(20)10-12-19-11-9-13-5-1-4-8-16(13)19/h1-8H,9-12H2. The molecule has 0 saturated heterocycles. The molecule has 0 saturated carbocycles. The fraction of sp³-hybridized carbons (Fsp3) is 0.235. The Bertz CT molecular complexity index is 638. The van der Waals surface area contributed by atoms with Crippen LogP contribution in [0.1, 0.15) is 22.3 Å². The predicted molar refractivity (Wildman–Crippen MR) is 77.7 cm³/mol. The highest BCUT2D eigenvalue weighted by atomic mass is 19.1. The van der Waals surface area contributed by atoms with Crippen molar-refractivity contribution in [1.29, 1.82) is 0 Å². The van der Waals surface area contributed by atoms with E-state index in [1.165, 1.54) is 17.3 Å². The number of nitrogens with zero attached hydrogens (tertiary/aromatic N) is 1. The second-order valence-corrected chi connectivity index (χ2v) is 5.02. The van der Waals surface area contributed by atoms with E-state index in [0.29, 0.717) is 13.0 Å². The van der Waals surface area contributed by atoms with Gasteiger partial charge in [-0.25, -0.2) is 4.39 Å². The van der Waals surface area contributed by atoms with Crippen molar-refractivity contribution < 1.29 is 9.18 Å². The van der Waals surface area contributed by atoms with Crippen LogP contribution in [0.2, 0.25) is 0 Å². The molecule has 0 fully saturated rings. The van der Waals surface area contributed by atoms with Gasteiger partial charge >= 0.3 is 0 Å². The van der Waals surface area contributed by atoms with Crippen LogP contribution in [-0.2, 0) is 6.42 Å². The van der Waals surface area contributed by atoms with E-state index in [0.717, 1.165) is 13.0 Å². The number of Topliss-reactive ketones (excluding diaryl/α,β-unsaturated/α-hetero) is 1. The van der Waals surface area contributed by atoms with Crippen molar-refractivity contribution in [3.8, 4) is 0 Å². The molecule has 0 aliphatic carbocycles. The summed E-state index contributed by atoms with van der Waals surface area (Å²) in [4.78, 5) is 14.3. The van der Waals surface area contributed by atoms with E-state index in [1.807, 2.05) is 12.1 Å². The molecule has 1 heterocycles. The summed E-state index contributed by atoms with van der Waals surface area (Å²) in [6.45, 7) is 1.58. The molecule has 102 valence electrons. The molecule has 3 heteroatoms. The minimum absolute atomic E-state index is 0.132. The number of benzene rings is 2. The van der Waals surface area contributed by atoms with E-state index in [4.69, 9.17) is 0 Å². The highest BCUT2D eigenvalue weighted by molar-refractivity contribution is 5.96. The molecule has 0 bridgehead atoms. The highest BCUT2D eigenvalue weighted by Crippen LogP contribution is 2.27. The first kappa shape index (κ1) is 12.9. The normalized spacial score (nSPS) is 13.3. The largest absolute Gasteiger partial charge is 0.371 e. The number of ketones is 1. The number of carbonyl (C=O) groups is 1. The molecule has 0 amide bonds. The Hall–Kier alpha value is -2.16. The molecule has 2 aromatic rings. The lowest BCUT2D eigenvalue weighted by atomic mass is 10.1. The molecule has 3 rings (SSSR count). The fourth-order valence-electron chi connectivity index (χ4n) is 2.70. The Kier molecular flexibility index (Phi) is 3.50. The lowest BCUT2D eigenvalue weighted by Crippen LogP contribution is -2.24. The van der Waals surface area contributed by atoms with Crippen LogP contribution in [0.5, 0.6) is 0 Å². The molecule has 2 aromatic carbocycles. The van der Waals surface area contributed by atoms with Gasteiger partial charge in [-0.2, -0.15) is 0 Å². The van der Waals surface area contributed by atoms with Crippen molar-refractivity contribution in [1.82, 2.24) is 0 Å². The van der Waals surface area contributed by atoms with Crippen molar-refractivity contribution in [2.75, 3.05) is 18.0 Å². The third-order valence-corrected chi connectivity index (χ3v) is 3.77. The topological polar surface area (TPSA) is 20.3 Å². The molecule has 0 N–H and O–H groups in total. The van der Waals surface area contributed by atoms with Crippen LogP contribution in [0.3, 0.4) is 0 Å². The van der Waals surface area contributed by atoms with Gasteiger partial charge in [-0.1, -0.05) is 30.3 Å². The van der Waals surface area contributed by atoms with Gasteiger partial charge in [0, 0.05) is 25.2 Å². The number of hydrogen-bond donors (Lipinski definition) is 0. The molecule has 20 heavy (non-hydrogen) atoms. The Morgan fingerprint density at radius 3 is 2.70 bits per heavy atom. The molecule has 0 unspecified atom stereocenters. The van der Waals surface area contributed by atoms with Gasteiger partial charge in [0.15, 0.2) is 5.78 Å². The van der Waals surface area contributed by atoms with E-state index in [2.05, 4.69) is 17.0 Å². The Labute approximate surface area is 117 Å². The number of anilines is 1. The summed E-state index contributed by atoms with van der Waals surface area (Å²) in [7, 11) is 0. The molecular formula is C17H16FNO. The smallest absolute Gasteiger partial charge is 0.167 e. The molecule has 0 atom stereocenters. The number of rotatable bonds is 4.